The topological polar surface area (TPSA) is 45.6 Å². The maximum atomic E-state index is 14.7. The van der Waals surface area contributed by atoms with Gasteiger partial charge in [0.05, 0.1) is 16.8 Å². The molecule has 0 spiro atoms. The van der Waals surface area contributed by atoms with Crippen molar-refractivity contribution in [2.75, 3.05) is 38.1 Å². The van der Waals surface area contributed by atoms with Crippen LogP contribution in [0.5, 0.6) is 0 Å². The van der Waals surface area contributed by atoms with Gasteiger partial charge in [0.2, 0.25) is 0 Å². The van der Waals surface area contributed by atoms with E-state index in [1.165, 1.54) is 13.0 Å². The van der Waals surface area contributed by atoms with E-state index in [0.29, 0.717) is 17.7 Å². The van der Waals surface area contributed by atoms with E-state index in [4.69, 9.17) is 0 Å². The lowest BCUT2D eigenvalue weighted by Gasteiger charge is -2.34. The van der Waals surface area contributed by atoms with Crippen LogP contribution >= 0.6 is 0 Å². The third-order valence-electron chi connectivity index (χ3n) is 4.71. The third kappa shape index (κ3) is 2.82. The molecule has 2 aromatic rings. The number of ketones is 1. The number of likely N-dealkylation sites (N-methyl/N-ethyl adjacent to an activating group) is 1. The Hall–Kier alpha value is -2.21. The van der Waals surface area contributed by atoms with Crippen LogP contribution in [0.4, 0.5) is 10.1 Å². The molecule has 3 rings (SSSR count). The molecule has 1 aromatic carbocycles. The standard InChI is InChI=1S/C18H22FN3O2/c1-4-21-11-14(12(2)23)18(24)13-9-15(19)17(10-16(13)21)22-7-5-20(3)6-8-22/h9-11H,4-8H2,1-3H3. The molecule has 6 heteroatoms. The zero-order chi connectivity index (χ0) is 17.4. The van der Waals surface area contributed by atoms with Crippen LogP contribution in [0.25, 0.3) is 10.9 Å². The number of halogens is 1. The average molecular weight is 331 g/mol. The zero-order valence-electron chi connectivity index (χ0n) is 14.3. The van der Waals surface area contributed by atoms with Gasteiger partial charge in [-0.2, -0.15) is 0 Å². The summed E-state index contributed by atoms with van der Waals surface area (Å²) in [7, 11) is 2.05. The number of hydrogen-bond acceptors (Lipinski definition) is 4. The highest BCUT2D eigenvalue weighted by molar-refractivity contribution is 5.97. The van der Waals surface area contributed by atoms with Crippen molar-refractivity contribution in [2.24, 2.45) is 0 Å². The van der Waals surface area contributed by atoms with Gasteiger partial charge < -0.3 is 14.4 Å². The lowest BCUT2D eigenvalue weighted by molar-refractivity contribution is 0.101. The fraction of sp³-hybridized carbons (Fsp3) is 0.444. The van der Waals surface area contributed by atoms with Gasteiger partial charge in [-0.15, -0.1) is 0 Å². The van der Waals surface area contributed by atoms with Crippen molar-refractivity contribution in [2.45, 2.75) is 20.4 Å². The van der Waals surface area contributed by atoms with E-state index in [1.54, 1.807) is 12.3 Å². The summed E-state index contributed by atoms with van der Waals surface area (Å²) in [5.74, 6) is -0.708. The van der Waals surface area contributed by atoms with Gasteiger partial charge in [0.1, 0.15) is 5.82 Å². The first-order valence-corrected chi connectivity index (χ1v) is 8.23. The number of fused-ring (bicyclic) bond motifs is 1. The number of carbonyl (C=O) groups excluding carboxylic acids is 1. The number of pyridine rings is 1. The number of piperazine rings is 1. The molecule has 2 heterocycles. The van der Waals surface area contributed by atoms with E-state index in [1.807, 2.05) is 23.4 Å². The number of hydrogen-bond donors (Lipinski definition) is 0. The number of carbonyl (C=O) groups is 1. The van der Waals surface area contributed by atoms with Crippen molar-refractivity contribution in [1.29, 1.82) is 0 Å². The Labute approximate surface area is 140 Å². The van der Waals surface area contributed by atoms with Gasteiger partial charge in [-0.05, 0) is 33.0 Å². The van der Waals surface area contributed by atoms with Gasteiger partial charge in [0, 0.05) is 44.3 Å². The molecule has 1 fully saturated rings. The molecule has 0 saturated carbocycles. The summed E-state index contributed by atoms with van der Waals surface area (Å²) in [5.41, 5.74) is 0.901. The van der Waals surface area contributed by atoms with E-state index in [-0.39, 0.29) is 16.7 Å². The highest BCUT2D eigenvalue weighted by Gasteiger charge is 2.20. The fourth-order valence-electron chi connectivity index (χ4n) is 3.20. The minimum absolute atomic E-state index is 0.107. The van der Waals surface area contributed by atoms with Crippen molar-refractivity contribution in [3.05, 3.63) is 39.9 Å². The Morgan fingerprint density at radius 2 is 1.88 bits per heavy atom. The minimum Gasteiger partial charge on any atom is -0.367 e. The average Bonchev–Trinajstić information content (AvgIpc) is 2.56. The number of Topliss-reactive ketones (excluding diaryl/α,β-unsaturated/α-hetero) is 1. The third-order valence-corrected chi connectivity index (χ3v) is 4.71. The Bertz CT molecular complexity index is 851. The second kappa shape index (κ2) is 6.36. The van der Waals surface area contributed by atoms with E-state index in [2.05, 4.69) is 4.90 Å². The van der Waals surface area contributed by atoms with E-state index >= 15 is 0 Å². The van der Waals surface area contributed by atoms with Gasteiger partial charge in [0.15, 0.2) is 11.2 Å². The second-order valence-corrected chi connectivity index (χ2v) is 6.33. The van der Waals surface area contributed by atoms with E-state index in [9.17, 15) is 14.0 Å². The van der Waals surface area contributed by atoms with Gasteiger partial charge in [-0.3, -0.25) is 9.59 Å². The molecule has 0 amide bonds. The molecule has 5 nitrogen and oxygen atoms in total. The summed E-state index contributed by atoms with van der Waals surface area (Å²) >= 11 is 0. The van der Waals surface area contributed by atoms with Crippen LogP contribution in [-0.2, 0) is 6.54 Å². The Kier molecular flexibility index (Phi) is 4.41. The van der Waals surface area contributed by atoms with Crippen LogP contribution in [0.1, 0.15) is 24.2 Å². The largest absolute Gasteiger partial charge is 0.367 e. The Morgan fingerprint density at radius 3 is 2.46 bits per heavy atom. The normalized spacial score (nSPS) is 15.9. The van der Waals surface area contributed by atoms with E-state index in [0.717, 1.165) is 26.2 Å². The first-order chi connectivity index (χ1) is 11.4. The number of anilines is 1. The number of nitrogens with zero attached hydrogens (tertiary/aromatic N) is 3. The number of rotatable bonds is 3. The number of aromatic nitrogens is 1. The SMILES string of the molecule is CCn1cc(C(C)=O)c(=O)c2cc(F)c(N3CCN(C)CC3)cc21. The first kappa shape index (κ1) is 16.6. The van der Waals surface area contributed by atoms with Crippen LogP contribution in [0, 0.1) is 5.82 Å². The first-order valence-electron chi connectivity index (χ1n) is 8.23. The molecular weight excluding hydrogens is 309 g/mol. The molecule has 0 bridgehead atoms. The monoisotopic (exact) mass is 331 g/mol. The molecule has 0 unspecified atom stereocenters. The lowest BCUT2D eigenvalue weighted by Crippen LogP contribution is -2.44. The molecule has 0 radical (unpaired) electrons. The van der Waals surface area contributed by atoms with Crippen LogP contribution < -0.4 is 10.3 Å². The maximum Gasteiger partial charge on any atom is 0.200 e. The summed E-state index contributed by atoms with van der Waals surface area (Å²) in [6, 6.07) is 3.02. The van der Waals surface area contributed by atoms with Crippen LogP contribution in [0.3, 0.4) is 0 Å². The van der Waals surface area contributed by atoms with Crippen molar-refractivity contribution in [1.82, 2.24) is 9.47 Å². The van der Waals surface area contributed by atoms with Crippen molar-refractivity contribution >= 4 is 22.4 Å². The molecule has 0 atom stereocenters. The predicted molar refractivity (Wildman–Crippen MR) is 93.6 cm³/mol. The van der Waals surface area contributed by atoms with Gasteiger partial charge in [-0.25, -0.2) is 4.39 Å². The van der Waals surface area contributed by atoms with Gasteiger partial charge in [0.25, 0.3) is 0 Å². The van der Waals surface area contributed by atoms with Crippen molar-refractivity contribution in [3.8, 4) is 0 Å². The predicted octanol–water partition coefficient (Wildman–Crippen LogP) is 2.11. The molecule has 1 aliphatic heterocycles. The lowest BCUT2D eigenvalue weighted by atomic mass is 10.1. The number of benzene rings is 1. The zero-order valence-corrected chi connectivity index (χ0v) is 14.3. The fourth-order valence-corrected chi connectivity index (χ4v) is 3.20. The second-order valence-electron chi connectivity index (χ2n) is 6.33. The summed E-state index contributed by atoms with van der Waals surface area (Å²) in [6.45, 7) is 7.15. The van der Waals surface area contributed by atoms with E-state index < -0.39 is 11.2 Å². The number of aryl methyl sites for hydroxylation is 1. The summed E-state index contributed by atoms with van der Waals surface area (Å²) in [5, 5.41) is 0.264. The maximum absolute atomic E-state index is 14.7. The minimum atomic E-state index is -0.410. The summed E-state index contributed by atoms with van der Waals surface area (Å²) < 4.78 is 16.5. The smallest absolute Gasteiger partial charge is 0.200 e. The molecule has 0 aliphatic carbocycles. The van der Waals surface area contributed by atoms with Crippen molar-refractivity contribution < 1.29 is 9.18 Å². The summed E-state index contributed by atoms with van der Waals surface area (Å²) in [4.78, 5) is 28.4. The molecule has 128 valence electrons. The van der Waals surface area contributed by atoms with Gasteiger partial charge in [-0.1, -0.05) is 0 Å². The van der Waals surface area contributed by atoms with Crippen LogP contribution in [-0.4, -0.2) is 48.5 Å². The Balaban J connectivity index is 2.18. The molecule has 0 N–H and O–H groups in total. The van der Waals surface area contributed by atoms with Gasteiger partial charge >= 0.3 is 0 Å². The quantitative estimate of drug-likeness (QED) is 0.808. The molecule has 1 aromatic heterocycles. The molecule has 1 saturated heterocycles. The molecule has 24 heavy (non-hydrogen) atoms. The molecule has 1 aliphatic rings. The Morgan fingerprint density at radius 1 is 1.21 bits per heavy atom. The summed E-state index contributed by atoms with van der Waals surface area (Å²) in [6.07, 6.45) is 1.58. The molecular formula is C18H22FN3O2. The highest BCUT2D eigenvalue weighted by atomic mass is 19.1. The van der Waals surface area contributed by atoms with Crippen molar-refractivity contribution in [3.63, 3.8) is 0 Å². The van der Waals surface area contributed by atoms with Crippen LogP contribution in [0.2, 0.25) is 0 Å². The van der Waals surface area contributed by atoms with Crippen LogP contribution in [0.15, 0.2) is 23.1 Å². The highest BCUT2D eigenvalue weighted by Crippen LogP contribution is 2.26.